The molecule has 0 aromatic heterocycles. The molecule has 0 saturated carbocycles. The molecular formula is C17H22N2O2. The average Bonchev–Trinajstić information content (AvgIpc) is 2.47. The summed E-state index contributed by atoms with van der Waals surface area (Å²) in [6.07, 6.45) is -1.90. The molecule has 0 bridgehead atoms. The SMILES string of the molecule is CC(C)(c1ccc(C(N)O)cc1)c1ccc(C(N)O)cc1. The van der Waals surface area contributed by atoms with E-state index < -0.39 is 12.5 Å². The van der Waals surface area contributed by atoms with Crippen molar-refractivity contribution in [1.82, 2.24) is 0 Å². The molecule has 0 amide bonds. The molecular weight excluding hydrogens is 264 g/mol. The third-order valence-corrected chi connectivity index (χ3v) is 3.95. The number of aliphatic hydroxyl groups excluding tert-OH is 2. The predicted octanol–water partition coefficient (Wildman–Crippen LogP) is 1.91. The van der Waals surface area contributed by atoms with Crippen LogP contribution in [0.25, 0.3) is 0 Å². The molecule has 4 nitrogen and oxygen atoms in total. The molecule has 0 radical (unpaired) electrons. The smallest absolute Gasteiger partial charge is 0.128 e. The minimum absolute atomic E-state index is 0.198. The van der Waals surface area contributed by atoms with Crippen molar-refractivity contribution in [2.45, 2.75) is 31.7 Å². The van der Waals surface area contributed by atoms with Crippen LogP contribution in [-0.2, 0) is 5.41 Å². The molecule has 4 heteroatoms. The van der Waals surface area contributed by atoms with E-state index in [1.807, 2.05) is 48.5 Å². The van der Waals surface area contributed by atoms with Gasteiger partial charge in [0.05, 0.1) is 0 Å². The van der Waals surface area contributed by atoms with Crippen molar-refractivity contribution in [1.29, 1.82) is 0 Å². The summed E-state index contributed by atoms with van der Waals surface area (Å²) in [6.45, 7) is 4.24. The van der Waals surface area contributed by atoms with Crippen LogP contribution in [0.3, 0.4) is 0 Å². The van der Waals surface area contributed by atoms with Gasteiger partial charge in [0.15, 0.2) is 0 Å². The van der Waals surface area contributed by atoms with E-state index in [4.69, 9.17) is 11.5 Å². The Morgan fingerprint density at radius 3 is 1.24 bits per heavy atom. The summed E-state index contributed by atoms with van der Waals surface area (Å²) in [5, 5.41) is 18.7. The normalized spacial score (nSPS) is 14.8. The molecule has 2 unspecified atom stereocenters. The maximum Gasteiger partial charge on any atom is 0.128 e. The number of hydrogen-bond donors (Lipinski definition) is 4. The van der Waals surface area contributed by atoms with E-state index in [2.05, 4.69) is 13.8 Å². The summed E-state index contributed by atoms with van der Waals surface area (Å²) in [6, 6.07) is 15.2. The molecule has 0 saturated heterocycles. The second kappa shape index (κ2) is 5.95. The van der Waals surface area contributed by atoms with Crippen LogP contribution in [0.4, 0.5) is 0 Å². The van der Waals surface area contributed by atoms with Gasteiger partial charge in [-0.05, 0) is 22.3 Å². The maximum absolute atomic E-state index is 9.36. The minimum atomic E-state index is -0.951. The number of hydrogen-bond acceptors (Lipinski definition) is 4. The van der Waals surface area contributed by atoms with Gasteiger partial charge in [-0.3, -0.25) is 0 Å². The highest BCUT2D eigenvalue weighted by molar-refractivity contribution is 5.40. The molecule has 0 spiro atoms. The zero-order valence-electron chi connectivity index (χ0n) is 12.3. The van der Waals surface area contributed by atoms with E-state index in [-0.39, 0.29) is 5.41 Å². The minimum Gasteiger partial charge on any atom is -0.375 e. The van der Waals surface area contributed by atoms with Gasteiger partial charge in [0, 0.05) is 5.41 Å². The fourth-order valence-electron chi connectivity index (χ4n) is 2.36. The Morgan fingerprint density at radius 2 is 1.00 bits per heavy atom. The maximum atomic E-state index is 9.36. The third-order valence-electron chi connectivity index (χ3n) is 3.95. The van der Waals surface area contributed by atoms with Crippen molar-refractivity contribution < 1.29 is 10.2 Å². The van der Waals surface area contributed by atoms with E-state index in [0.29, 0.717) is 11.1 Å². The van der Waals surface area contributed by atoms with Crippen LogP contribution in [-0.4, -0.2) is 10.2 Å². The van der Waals surface area contributed by atoms with E-state index in [9.17, 15) is 10.2 Å². The molecule has 2 aromatic rings. The molecule has 0 aliphatic heterocycles. The Hall–Kier alpha value is -1.72. The lowest BCUT2D eigenvalue weighted by Crippen LogP contribution is -2.19. The summed E-state index contributed by atoms with van der Waals surface area (Å²) in [7, 11) is 0. The largest absolute Gasteiger partial charge is 0.375 e. The van der Waals surface area contributed by atoms with Crippen molar-refractivity contribution in [2.24, 2.45) is 11.5 Å². The van der Waals surface area contributed by atoms with Gasteiger partial charge in [0.1, 0.15) is 12.5 Å². The standard InChI is InChI=1S/C17H22N2O2/c1-17(2,13-7-3-11(4-8-13)15(18)20)14-9-5-12(6-10-14)16(19)21/h3-10,15-16,20-21H,18-19H2,1-2H3. The third kappa shape index (κ3) is 3.31. The Morgan fingerprint density at radius 1 is 0.714 bits per heavy atom. The first-order valence-corrected chi connectivity index (χ1v) is 6.90. The van der Waals surface area contributed by atoms with Gasteiger partial charge in [0.25, 0.3) is 0 Å². The first-order chi connectivity index (χ1) is 9.82. The highest BCUT2D eigenvalue weighted by atomic mass is 16.3. The quantitative estimate of drug-likeness (QED) is 0.646. The highest BCUT2D eigenvalue weighted by Gasteiger charge is 2.23. The summed E-state index contributed by atoms with van der Waals surface area (Å²) >= 11 is 0. The van der Waals surface area contributed by atoms with Gasteiger partial charge < -0.3 is 21.7 Å². The topological polar surface area (TPSA) is 92.5 Å². The summed E-state index contributed by atoms with van der Waals surface area (Å²) < 4.78 is 0. The summed E-state index contributed by atoms with van der Waals surface area (Å²) in [4.78, 5) is 0. The van der Waals surface area contributed by atoms with Gasteiger partial charge in [0.2, 0.25) is 0 Å². The summed E-state index contributed by atoms with van der Waals surface area (Å²) in [5.74, 6) is 0. The van der Waals surface area contributed by atoms with E-state index in [1.54, 1.807) is 0 Å². The zero-order chi connectivity index (χ0) is 15.6. The zero-order valence-corrected chi connectivity index (χ0v) is 12.3. The summed E-state index contributed by atoms with van der Waals surface area (Å²) in [5.41, 5.74) is 14.3. The van der Waals surface area contributed by atoms with Crippen LogP contribution in [0.2, 0.25) is 0 Å². The second-order valence-corrected chi connectivity index (χ2v) is 5.76. The van der Waals surface area contributed by atoms with Gasteiger partial charge >= 0.3 is 0 Å². The van der Waals surface area contributed by atoms with Gasteiger partial charge in [-0.2, -0.15) is 0 Å². The lowest BCUT2D eigenvalue weighted by atomic mass is 9.77. The van der Waals surface area contributed by atoms with Crippen LogP contribution >= 0.6 is 0 Å². The molecule has 2 atom stereocenters. The molecule has 2 aromatic carbocycles. The molecule has 0 aliphatic carbocycles. The number of nitrogens with two attached hydrogens (primary N) is 2. The van der Waals surface area contributed by atoms with Crippen LogP contribution in [0.15, 0.2) is 48.5 Å². The average molecular weight is 286 g/mol. The number of aliphatic hydroxyl groups is 2. The molecule has 0 aliphatic rings. The van der Waals surface area contributed by atoms with E-state index in [1.165, 1.54) is 0 Å². The van der Waals surface area contributed by atoms with Crippen LogP contribution in [0, 0.1) is 0 Å². The van der Waals surface area contributed by atoms with Crippen LogP contribution in [0.5, 0.6) is 0 Å². The van der Waals surface area contributed by atoms with Gasteiger partial charge in [-0.25, -0.2) is 0 Å². The Labute approximate surface area is 125 Å². The fourth-order valence-corrected chi connectivity index (χ4v) is 2.36. The number of benzene rings is 2. The lowest BCUT2D eigenvalue weighted by Gasteiger charge is -2.27. The van der Waals surface area contributed by atoms with Gasteiger partial charge in [-0.1, -0.05) is 62.4 Å². The van der Waals surface area contributed by atoms with E-state index >= 15 is 0 Å². The fraction of sp³-hybridized carbons (Fsp3) is 0.294. The monoisotopic (exact) mass is 286 g/mol. The molecule has 6 N–H and O–H groups in total. The van der Waals surface area contributed by atoms with Crippen LogP contribution < -0.4 is 11.5 Å². The van der Waals surface area contributed by atoms with Crippen molar-refractivity contribution >= 4 is 0 Å². The predicted molar refractivity (Wildman–Crippen MR) is 83.3 cm³/mol. The van der Waals surface area contributed by atoms with Crippen molar-refractivity contribution in [2.75, 3.05) is 0 Å². The Balaban J connectivity index is 2.31. The highest BCUT2D eigenvalue weighted by Crippen LogP contribution is 2.32. The Kier molecular flexibility index (Phi) is 4.44. The number of rotatable bonds is 4. The Bertz CT molecular complexity index is 534. The lowest BCUT2D eigenvalue weighted by molar-refractivity contribution is 0.186. The molecule has 21 heavy (non-hydrogen) atoms. The molecule has 0 heterocycles. The molecule has 112 valence electrons. The van der Waals surface area contributed by atoms with E-state index in [0.717, 1.165) is 11.1 Å². The van der Waals surface area contributed by atoms with Crippen molar-refractivity contribution in [3.63, 3.8) is 0 Å². The first-order valence-electron chi connectivity index (χ1n) is 6.90. The molecule has 2 rings (SSSR count). The second-order valence-electron chi connectivity index (χ2n) is 5.76. The van der Waals surface area contributed by atoms with Gasteiger partial charge in [-0.15, -0.1) is 0 Å². The molecule has 0 fully saturated rings. The van der Waals surface area contributed by atoms with Crippen molar-refractivity contribution in [3.05, 3.63) is 70.8 Å². The first kappa shape index (κ1) is 15.7. The van der Waals surface area contributed by atoms with Crippen molar-refractivity contribution in [3.8, 4) is 0 Å². The van der Waals surface area contributed by atoms with Crippen LogP contribution in [0.1, 0.15) is 48.6 Å².